The lowest BCUT2D eigenvalue weighted by atomic mass is 10.2. The number of nitrogens with one attached hydrogen (secondary N) is 1. The lowest BCUT2D eigenvalue weighted by Crippen LogP contribution is -2.32. The number of hydrogen-bond acceptors (Lipinski definition) is 4. The van der Waals surface area contributed by atoms with Crippen molar-refractivity contribution in [2.45, 2.75) is 17.1 Å². The van der Waals surface area contributed by atoms with Crippen LogP contribution in [0.2, 0.25) is 0 Å². The quantitative estimate of drug-likeness (QED) is 0.623. The molecule has 29 heavy (non-hydrogen) atoms. The molecule has 0 aliphatic heterocycles. The van der Waals surface area contributed by atoms with Gasteiger partial charge in [0, 0.05) is 24.5 Å². The summed E-state index contributed by atoms with van der Waals surface area (Å²) in [6, 6.07) is 11.6. The van der Waals surface area contributed by atoms with Crippen LogP contribution in [-0.2, 0) is 9.84 Å². The van der Waals surface area contributed by atoms with Crippen LogP contribution in [0.15, 0.2) is 71.9 Å². The lowest BCUT2D eigenvalue weighted by Gasteiger charge is -2.19. The van der Waals surface area contributed by atoms with Crippen LogP contribution in [0.5, 0.6) is 0 Å². The van der Waals surface area contributed by atoms with Crippen LogP contribution in [0, 0.1) is 18.6 Å². The SMILES string of the molecule is Cc1cc(S(=O)(=O)[C@H](CNC(=O)c2ccc(F)cc2)c2cccnc2)ccc1F. The Morgan fingerprint density at radius 1 is 1.10 bits per heavy atom. The van der Waals surface area contributed by atoms with E-state index < -0.39 is 32.6 Å². The number of carbonyl (C=O) groups excluding carboxylic acids is 1. The Bertz CT molecular complexity index is 1120. The second kappa shape index (κ2) is 8.48. The average molecular weight is 416 g/mol. The number of aromatic nitrogens is 1. The van der Waals surface area contributed by atoms with Gasteiger partial charge in [-0.05, 0) is 66.6 Å². The van der Waals surface area contributed by atoms with Gasteiger partial charge in [0.15, 0.2) is 9.84 Å². The Morgan fingerprint density at radius 2 is 1.83 bits per heavy atom. The zero-order chi connectivity index (χ0) is 21.0. The molecule has 1 amide bonds. The Morgan fingerprint density at radius 3 is 2.45 bits per heavy atom. The van der Waals surface area contributed by atoms with Gasteiger partial charge in [-0.3, -0.25) is 9.78 Å². The van der Waals surface area contributed by atoms with Gasteiger partial charge in [-0.25, -0.2) is 17.2 Å². The van der Waals surface area contributed by atoms with Gasteiger partial charge in [-0.15, -0.1) is 0 Å². The van der Waals surface area contributed by atoms with Gasteiger partial charge in [0.2, 0.25) is 0 Å². The third kappa shape index (κ3) is 4.65. The third-order valence-corrected chi connectivity index (χ3v) is 6.54. The minimum atomic E-state index is -3.96. The molecule has 0 aliphatic rings. The fourth-order valence-electron chi connectivity index (χ4n) is 2.82. The molecule has 3 aromatic rings. The minimum Gasteiger partial charge on any atom is -0.350 e. The van der Waals surface area contributed by atoms with Crippen LogP contribution < -0.4 is 5.32 Å². The number of hydrogen-bond donors (Lipinski definition) is 1. The van der Waals surface area contributed by atoms with Crippen LogP contribution in [0.3, 0.4) is 0 Å². The molecule has 150 valence electrons. The number of rotatable bonds is 6. The summed E-state index contributed by atoms with van der Waals surface area (Å²) in [6.07, 6.45) is 2.91. The van der Waals surface area contributed by atoms with E-state index in [2.05, 4.69) is 10.3 Å². The van der Waals surface area contributed by atoms with Crippen LogP contribution in [0.1, 0.15) is 26.7 Å². The highest BCUT2D eigenvalue weighted by atomic mass is 32.2. The van der Waals surface area contributed by atoms with Crippen molar-refractivity contribution in [2.24, 2.45) is 0 Å². The van der Waals surface area contributed by atoms with Crippen molar-refractivity contribution >= 4 is 15.7 Å². The van der Waals surface area contributed by atoms with Gasteiger partial charge in [0.1, 0.15) is 16.9 Å². The molecule has 1 heterocycles. The maximum Gasteiger partial charge on any atom is 0.251 e. The first-order chi connectivity index (χ1) is 13.8. The Labute approximate surface area is 167 Å². The summed E-state index contributed by atoms with van der Waals surface area (Å²) < 4.78 is 53.1. The van der Waals surface area contributed by atoms with E-state index in [-0.39, 0.29) is 22.6 Å². The van der Waals surface area contributed by atoms with Crippen molar-refractivity contribution in [3.63, 3.8) is 0 Å². The number of aryl methyl sites for hydroxylation is 1. The molecule has 1 atom stereocenters. The van der Waals surface area contributed by atoms with Gasteiger partial charge in [-0.2, -0.15) is 0 Å². The number of amides is 1. The first-order valence-corrected chi connectivity index (χ1v) is 10.3. The monoisotopic (exact) mass is 416 g/mol. The number of benzene rings is 2. The molecule has 8 heteroatoms. The standard InChI is InChI=1S/C21H18F2N2O3S/c1-14-11-18(8-9-19(14)23)29(27,28)20(16-3-2-10-24-12-16)13-25-21(26)15-4-6-17(22)7-5-15/h2-12,20H,13H2,1H3,(H,25,26)/t20-/m1/s1. The molecule has 0 saturated carbocycles. The minimum absolute atomic E-state index is 0.0544. The highest BCUT2D eigenvalue weighted by Gasteiger charge is 2.30. The smallest absolute Gasteiger partial charge is 0.251 e. The summed E-state index contributed by atoms with van der Waals surface area (Å²) >= 11 is 0. The molecular formula is C21H18F2N2O3S. The Kier molecular flexibility index (Phi) is 6.03. The number of nitrogens with zero attached hydrogens (tertiary/aromatic N) is 1. The van der Waals surface area contributed by atoms with Crippen molar-refractivity contribution in [1.29, 1.82) is 0 Å². The second-order valence-corrected chi connectivity index (χ2v) is 8.58. The maximum atomic E-state index is 13.6. The summed E-state index contributed by atoms with van der Waals surface area (Å²) in [6.45, 7) is 1.24. The topological polar surface area (TPSA) is 76.1 Å². The van der Waals surface area contributed by atoms with E-state index in [4.69, 9.17) is 0 Å². The van der Waals surface area contributed by atoms with Crippen molar-refractivity contribution in [3.8, 4) is 0 Å². The van der Waals surface area contributed by atoms with Crippen LogP contribution in [-0.4, -0.2) is 25.9 Å². The maximum absolute atomic E-state index is 13.6. The van der Waals surface area contributed by atoms with E-state index in [0.29, 0.717) is 5.56 Å². The third-order valence-electron chi connectivity index (χ3n) is 4.44. The van der Waals surface area contributed by atoms with Crippen LogP contribution >= 0.6 is 0 Å². The second-order valence-electron chi connectivity index (χ2n) is 6.45. The molecule has 0 fully saturated rings. The summed E-state index contributed by atoms with van der Waals surface area (Å²) in [5.74, 6) is -1.53. The first kappa shape index (κ1) is 20.6. The molecule has 5 nitrogen and oxygen atoms in total. The number of carbonyl (C=O) groups is 1. The van der Waals surface area contributed by atoms with Gasteiger partial charge in [0.05, 0.1) is 4.90 Å². The molecule has 0 saturated heterocycles. The largest absolute Gasteiger partial charge is 0.350 e. The molecular weight excluding hydrogens is 398 g/mol. The van der Waals surface area contributed by atoms with Gasteiger partial charge in [-0.1, -0.05) is 6.07 Å². The number of pyridine rings is 1. The molecule has 1 aromatic heterocycles. The van der Waals surface area contributed by atoms with E-state index in [1.54, 1.807) is 12.1 Å². The van der Waals surface area contributed by atoms with Crippen molar-refractivity contribution in [1.82, 2.24) is 10.3 Å². The Hall–Kier alpha value is -3.13. The van der Waals surface area contributed by atoms with E-state index in [1.165, 1.54) is 43.6 Å². The molecule has 0 radical (unpaired) electrons. The van der Waals surface area contributed by atoms with Crippen LogP contribution in [0.4, 0.5) is 8.78 Å². The van der Waals surface area contributed by atoms with Gasteiger partial charge in [0.25, 0.3) is 5.91 Å². The van der Waals surface area contributed by atoms with E-state index in [0.717, 1.165) is 18.2 Å². The molecule has 1 N–H and O–H groups in total. The molecule has 0 bridgehead atoms. The van der Waals surface area contributed by atoms with E-state index in [9.17, 15) is 22.0 Å². The van der Waals surface area contributed by atoms with Crippen LogP contribution in [0.25, 0.3) is 0 Å². The highest BCUT2D eigenvalue weighted by molar-refractivity contribution is 7.91. The van der Waals surface area contributed by atoms with E-state index >= 15 is 0 Å². The molecule has 2 aromatic carbocycles. The average Bonchev–Trinajstić information content (AvgIpc) is 2.71. The summed E-state index contributed by atoms with van der Waals surface area (Å²) in [4.78, 5) is 16.3. The van der Waals surface area contributed by atoms with Gasteiger partial charge < -0.3 is 5.32 Å². The van der Waals surface area contributed by atoms with Gasteiger partial charge >= 0.3 is 0 Å². The predicted molar refractivity (Wildman–Crippen MR) is 104 cm³/mol. The molecule has 3 rings (SSSR count). The normalized spacial score (nSPS) is 12.4. The summed E-state index contributed by atoms with van der Waals surface area (Å²) in [7, 11) is -3.96. The fraction of sp³-hybridized carbons (Fsp3) is 0.143. The van der Waals surface area contributed by atoms with Crippen molar-refractivity contribution in [2.75, 3.05) is 6.54 Å². The molecule has 0 aliphatic carbocycles. The lowest BCUT2D eigenvalue weighted by molar-refractivity contribution is 0.0953. The fourth-order valence-corrected chi connectivity index (χ4v) is 4.55. The zero-order valence-corrected chi connectivity index (χ0v) is 16.3. The predicted octanol–water partition coefficient (Wildman–Crippen LogP) is 3.61. The first-order valence-electron chi connectivity index (χ1n) is 8.73. The number of halogens is 2. The molecule has 0 spiro atoms. The van der Waals surface area contributed by atoms with E-state index in [1.807, 2.05) is 0 Å². The molecule has 0 unspecified atom stereocenters. The van der Waals surface area contributed by atoms with Crippen molar-refractivity contribution < 1.29 is 22.0 Å². The summed E-state index contributed by atoms with van der Waals surface area (Å²) in [5.41, 5.74) is 0.784. The summed E-state index contributed by atoms with van der Waals surface area (Å²) in [5, 5.41) is 1.44. The Balaban J connectivity index is 1.91. The van der Waals surface area contributed by atoms with Crippen molar-refractivity contribution in [3.05, 3.63) is 95.3 Å². The number of sulfone groups is 1. The zero-order valence-electron chi connectivity index (χ0n) is 15.5. The highest BCUT2D eigenvalue weighted by Crippen LogP contribution is 2.29.